The Balaban J connectivity index is 1.87. The molecule has 26 heavy (non-hydrogen) atoms. The minimum atomic E-state index is -0.981. The molecule has 3 rings (SSSR count). The number of aromatic nitrogens is 2. The van der Waals surface area contributed by atoms with E-state index < -0.39 is 5.54 Å². The molecule has 0 saturated heterocycles. The van der Waals surface area contributed by atoms with Gasteiger partial charge in [0.2, 0.25) is 5.91 Å². The molecule has 0 radical (unpaired) electrons. The van der Waals surface area contributed by atoms with Gasteiger partial charge in [-0.3, -0.25) is 9.59 Å². The Morgan fingerprint density at radius 1 is 1.35 bits per heavy atom. The summed E-state index contributed by atoms with van der Waals surface area (Å²) in [6.07, 6.45) is 2.80. The molecular weight excluding hydrogens is 390 g/mol. The standard InChI is InChI=1S/C18H20ClN3O2S2/c1-12-20-21-17(26-12)25-11-16(24)22(2)18(10-6-5-9-15(18)23)13-7-3-4-8-14(13)19/h3-4,7-8H,5-6,9-11H2,1-2H3/t18-/m1/s1. The second kappa shape index (κ2) is 8.06. The van der Waals surface area contributed by atoms with Crippen molar-refractivity contribution >= 4 is 46.4 Å². The van der Waals surface area contributed by atoms with Crippen molar-refractivity contribution in [3.05, 3.63) is 39.9 Å². The average molecular weight is 410 g/mol. The van der Waals surface area contributed by atoms with Crippen molar-refractivity contribution in [1.82, 2.24) is 15.1 Å². The molecule has 1 amide bonds. The lowest BCUT2D eigenvalue weighted by molar-refractivity contribution is -0.146. The fraction of sp³-hybridized carbons (Fsp3) is 0.444. The number of carbonyl (C=O) groups excluding carboxylic acids is 2. The van der Waals surface area contributed by atoms with Gasteiger partial charge in [0, 0.05) is 24.1 Å². The molecule has 5 nitrogen and oxygen atoms in total. The lowest BCUT2D eigenvalue weighted by Gasteiger charge is -2.44. The number of carbonyl (C=O) groups is 2. The van der Waals surface area contributed by atoms with Crippen LogP contribution in [0.1, 0.15) is 36.3 Å². The number of likely N-dealkylation sites (N-methyl/N-ethyl adjacent to an activating group) is 1. The van der Waals surface area contributed by atoms with Gasteiger partial charge in [0.1, 0.15) is 10.5 Å². The summed E-state index contributed by atoms with van der Waals surface area (Å²) in [6, 6.07) is 7.33. The number of thioether (sulfide) groups is 1. The first kappa shape index (κ1) is 19.3. The Bertz CT molecular complexity index is 826. The highest BCUT2D eigenvalue weighted by Gasteiger charge is 2.47. The van der Waals surface area contributed by atoms with E-state index >= 15 is 0 Å². The molecule has 1 aliphatic rings. The smallest absolute Gasteiger partial charge is 0.233 e. The molecule has 1 saturated carbocycles. The van der Waals surface area contributed by atoms with Gasteiger partial charge in [-0.15, -0.1) is 10.2 Å². The zero-order valence-electron chi connectivity index (χ0n) is 14.7. The maximum atomic E-state index is 13.0. The summed E-state index contributed by atoms with van der Waals surface area (Å²) in [5, 5.41) is 9.39. The Hall–Kier alpha value is -1.44. The molecule has 0 spiro atoms. The van der Waals surface area contributed by atoms with Gasteiger partial charge in [0.05, 0.1) is 5.75 Å². The third kappa shape index (κ3) is 3.66. The molecule has 0 bridgehead atoms. The highest BCUT2D eigenvalue weighted by atomic mass is 35.5. The molecule has 1 atom stereocenters. The Morgan fingerprint density at radius 3 is 2.77 bits per heavy atom. The van der Waals surface area contributed by atoms with Crippen molar-refractivity contribution < 1.29 is 9.59 Å². The average Bonchev–Trinajstić information content (AvgIpc) is 3.06. The summed E-state index contributed by atoms with van der Waals surface area (Å²) < 4.78 is 0.756. The quantitative estimate of drug-likeness (QED) is 0.696. The van der Waals surface area contributed by atoms with E-state index in [1.165, 1.54) is 23.1 Å². The van der Waals surface area contributed by atoms with Crippen LogP contribution in [0.15, 0.2) is 28.6 Å². The molecule has 1 aromatic heterocycles. The number of halogens is 1. The molecular formula is C18H20ClN3O2S2. The predicted molar refractivity (Wildman–Crippen MR) is 105 cm³/mol. The molecule has 1 heterocycles. The minimum absolute atomic E-state index is 0.0597. The van der Waals surface area contributed by atoms with Crippen molar-refractivity contribution in [3.8, 4) is 0 Å². The van der Waals surface area contributed by atoms with E-state index in [0.717, 1.165) is 27.8 Å². The van der Waals surface area contributed by atoms with E-state index in [1.54, 1.807) is 18.0 Å². The van der Waals surface area contributed by atoms with Crippen LogP contribution in [0.4, 0.5) is 0 Å². The molecule has 0 N–H and O–H groups in total. The number of rotatable bonds is 5. The third-order valence-electron chi connectivity index (χ3n) is 4.75. The van der Waals surface area contributed by atoms with Crippen LogP contribution in [0.5, 0.6) is 0 Å². The summed E-state index contributed by atoms with van der Waals surface area (Å²) in [6.45, 7) is 1.88. The van der Waals surface area contributed by atoms with Crippen LogP contribution in [0, 0.1) is 6.92 Å². The number of hydrogen-bond acceptors (Lipinski definition) is 6. The molecule has 0 aliphatic heterocycles. The molecule has 2 aromatic rings. The Labute approximate surface area is 166 Å². The zero-order valence-corrected chi connectivity index (χ0v) is 17.1. The molecule has 8 heteroatoms. The van der Waals surface area contributed by atoms with Gasteiger partial charge < -0.3 is 4.90 Å². The maximum absolute atomic E-state index is 13.0. The number of aryl methyl sites for hydroxylation is 1. The first-order chi connectivity index (χ1) is 12.4. The maximum Gasteiger partial charge on any atom is 0.233 e. The van der Waals surface area contributed by atoms with Crippen LogP contribution in [0.2, 0.25) is 5.02 Å². The van der Waals surface area contributed by atoms with Crippen molar-refractivity contribution in [2.24, 2.45) is 0 Å². The monoisotopic (exact) mass is 409 g/mol. The second-order valence-electron chi connectivity index (χ2n) is 6.30. The van der Waals surface area contributed by atoms with Gasteiger partial charge in [-0.1, -0.05) is 52.9 Å². The number of hydrogen-bond donors (Lipinski definition) is 0. The van der Waals surface area contributed by atoms with Crippen molar-refractivity contribution in [1.29, 1.82) is 0 Å². The highest BCUT2D eigenvalue weighted by molar-refractivity contribution is 8.01. The molecule has 1 fully saturated rings. The number of nitrogens with zero attached hydrogens (tertiary/aromatic N) is 3. The summed E-state index contributed by atoms with van der Waals surface area (Å²) in [5.74, 6) is 0.160. The van der Waals surface area contributed by atoms with E-state index in [2.05, 4.69) is 10.2 Å². The van der Waals surface area contributed by atoms with Gasteiger partial charge in [-0.05, 0) is 32.3 Å². The lowest BCUT2D eigenvalue weighted by atomic mass is 9.74. The first-order valence-corrected chi connectivity index (χ1v) is 10.6. The first-order valence-electron chi connectivity index (χ1n) is 8.43. The summed E-state index contributed by atoms with van der Waals surface area (Å²) in [5.41, 5.74) is -0.260. The molecule has 1 aliphatic carbocycles. The largest absolute Gasteiger partial charge is 0.328 e. The van der Waals surface area contributed by atoms with Crippen molar-refractivity contribution in [2.75, 3.05) is 12.8 Å². The van der Waals surface area contributed by atoms with Crippen LogP contribution in [0.25, 0.3) is 0 Å². The van der Waals surface area contributed by atoms with Gasteiger partial charge in [0.15, 0.2) is 10.1 Å². The van der Waals surface area contributed by atoms with Gasteiger partial charge in [-0.2, -0.15) is 0 Å². The topological polar surface area (TPSA) is 63.2 Å². The summed E-state index contributed by atoms with van der Waals surface area (Å²) in [4.78, 5) is 27.5. The van der Waals surface area contributed by atoms with Crippen LogP contribution in [-0.4, -0.2) is 39.6 Å². The molecule has 0 unspecified atom stereocenters. The van der Waals surface area contributed by atoms with Crippen LogP contribution in [0.3, 0.4) is 0 Å². The summed E-state index contributed by atoms with van der Waals surface area (Å²) >= 11 is 9.23. The Kier molecular flexibility index (Phi) is 5.99. The number of amides is 1. The van der Waals surface area contributed by atoms with Crippen LogP contribution in [-0.2, 0) is 15.1 Å². The van der Waals surface area contributed by atoms with E-state index in [0.29, 0.717) is 17.9 Å². The molecule has 1 aromatic carbocycles. The fourth-order valence-corrected chi connectivity index (χ4v) is 5.42. The Morgan fingerprint density at radius 2 is 2.12 bits per heavy atom. The highest BCUT2D eigenvalue weighted by Crippen LogP contribution is 2.42. The lowest BCUT2D eigenvalue weighted by Crippen LogP contribution is -2.54. The third-order valence-corrected chi connectivity index (χ3v) is 7.03. The van der Waals surface area contributed by atoms with Crippen molar-refractivity contribution in [3.63, 3.8) is 0 Å². The van der Waals surface area contributed by atoms with Gasteiger partial charge >= 0.3 is 0 Å². The predicted octanol–water partition coefficient (Wildman–Crippen LogP) is 4.09. The zero-order chi connectivity index (χ0) is 18.7. The van der Waals surface area contributed by atoms with Gasteiger partial charge in [0.25, 0.3) is 0 Å². The number of ketones is 1. The second-order valence-corrected chi connectivity index (χ2v) is 9.11. The van der Waals surface area contributed by atoms with E-state index in [9.17, 15) is 9.59 Å². The SMILES string of the molecule is Cc1nnc(SCC(=O)N(C)[C@@]2(c3ccccc3Cl)CCCCC2=O)s1. The van der Waals surface area contributed by atoms with E-state index in [4.69, 9.17) is 11.6 Å². The molecule has 138 valence electrons. The summed E-state index contributed by atoms with van der Waals surface area (Å²) in [7, 11) is 1.71. The van der Waals surface area contributed by atoms with Crippen molar-refractivity contribution in [2.45, 2.75) is 42.5 Å². The van der Waals surface area contributed by atoms with Gasteiger partial charge in [-0.25, -0.2) is 0 Å². The number of benzene rings is 1. The minimum Gasteiger partial charge on any atom is -0.328 e. The number of Topliss-reactive ketones (excluding diaryl/α,β-unsaturated/α-hetero) is 1. The normalized spacial score (nSPS) is 20.2. The van der Waals surface area contributed by atoms with E-state index in [-0.39, 0.29) is 17.4 Å². The van der Waals surface area contributed by atoms with E-state index in [1.807, 2.05) is 25.1 Å². The fourth-order valence-electron chi connectivity index (χ4n) is 3.40. The van der Waals surface area contributed by atoms with Crippen LogP contribution >= 0.6 is 34.7 Å². The van der Waals surface area contributed by atoms with Crippen LogP contribution < -0.4 is 0 Å².